The van der Waals surface area contributed by atoms with Crippen LogP contribution in [0.4, 0.5) is 13.2 Å². The minimum atomic E-state index is -4.31. The standard InChI is InChI=1S/C19H21F3N4OS2/c1-2-26-17(23-24-18(26)28)14-9-11-25(12-10-14)16(27)8-5-13-3-6-15(7-4-13)29-19(20,21)22/h3-8,14H,2,9-12H2,1H3,(H,24,28). The van der Waals surface area contributed by atoms with Crippen molar-refractivity contribution < 1.29 is 18.0 Å². The molecule has 0 atom stereocenters. The second-order valence-corrected chi connectivity index (χ2v) is 8.21. The first-order valence-electron chi connectivity index (χ1n) is 9.24. The first kappa shape index (κ1) is 21.6. The third-order valence-corrected chi connectivity index (χ3v) is 5.86. The number of alkyl halides is 3. The highest BCUT2D eigenvalue weighted by molar-refractivity contribution is 8.00. The minimum Gasteiger partial charge on any atom is -0.339 e. The van der Waals surface area contributed by atoms with E-state index in [0.29, 0.717) is 23.4 Å². The maximum atomic E-state index is 12.4. The van der Waals surface area contributed by atoms with E-state index >= 15 is 0 Å². The summed E-state index contributed by atoms with van der Waals surface area (Å²) in [6.45, 7) is 4.02. The molecule has 1 aliphatic rings. The van der Waals surface area contributed by atoms with Gasteiger partial charge in [0.15, 0.2) is 4.77 Å². The molecule has 0 spiro atoms. The van der Waals surface area contributed by atoms with Crippen LogP contribution < -0.4 is 0 Å². The quantitative estimate of drug-likeness (QED) is 0.403. The number of halogens is 3. The molecule has 0 bridgehead atoms. The summed E-state index contributed by atoms with van der Waals surface area (Å²) in [6, 6.07) is 5.93. The molecule has 0 radical (unpaired) electrons. The summed E-state index contributed by atoms with van der Waals surface area (Å²) in [4.78, 5) is 14.3. The molecule has 2 heterocycles. The molecule has 0 unspecified atom stereocenters. The van der Waals surface area contributed by atoms with Gasteiger partial charge >= 0.3 is 5.51 Å². The van der Waals surface area contributed by atoms with E-state index in [1.165, 1.54) is 18.2 Å². The van der Waals surface area contributed by atoms with E-state index in [2.05, 4.69) is 10.2 Å². The van der Waals surface area contributed by atoms with E-state index in [0.717, 1.165) is 25.2 Å². The Labute approximate surface area is 176 Å². The van der Waals surface area contributed by atoms with E-state index < -0.39 is 5.51 Å². The maximum Gasteiger partial charge on any atom is 0.446 e. The van der Waals surface area contributed by atoms with Crippen LogP contribution in [0.5, 0.6) is 0 Å². The van der Waals surface area contributed by atoms with Crippen LogP contribution in [-0.4, -0.2) is 44.2 Å². The number of likely N-dealkylation sites (tertiary alicyclic amines) is 1. The summed E-state index contributed by atoms with van der Waals surface area (Å²) in [6.07, 6.45) is 4.71. The molecule has 1 amide bonds. The van der Waals surface area contributed by atoms with Crippen molar-refractivity contribution in [2.75, 3.05) is 13.1 Å². The number of benzene rings is 1. The van der Waals surface area contributed by atoms with Gasteiger partial charge in [-0.25, -0.2) is 0 Å². The Hall–Kier alpha value is -2.07. The third kappa shape index (κ3) is 5.72. The number of amides is 1. The SMILES string of the molecule is CCn1c(C2CCN(C(=O)C=Cc3ccc(SC(F)(F)F)cc3)CC2)n[nH]c1=S. The first-order chi connectivity index (χ1) is 13.8. The predicted molar refractivity (Wildman–Crippen MR) is 109 cm³/mol. The van der Waals surface area contributed by atoms with Crippen molar-refractivity contribution in [2.24, 2.45) is 0 Å². The van der Waals surface area contributed by atoms with Gasteiger partial charge in [-0.15, -0.1) is 0 Å². The molecule has 1 fully saturated rings. The van der Waals surface area contributed by atoms with Crippen LogP contribution in [0.3, 0.4) is 0 Å². The van der Waals surface area contributed by atoms with Gasteiger partial charge in [-0.05, 0) is 67.5 Å². The van der Waals surface area contributed by atoms with E-state index in [1.807, 2.05) is 11.5 Å². The summed E-state index contributed by atoms with van der Waals surface area (Å²) >= 11 is 5.08. The van der Waals surface area contributed by atoms with Crippen LogP contribution in [0.15, 0.2) is 35.2 Å². The molecule has 1 saturated heterocycles. The Kier molecular flexibility index (Phi) is 6.84. The van der Waals surface area contributed by atoms with Crippen molar-refractivity contribution in [2.45, 2.75) is 42.6 Å². The fraction of sp³-hybridized carbons (Fsp3) is 0.421. The number of hydrogen-bond donors (Lipinski definition) is 1. The lowest BCUT2D eigenvalue weighted by Gasteiger charge is -2.31. The summed E-state index contributed by atoms with van der Waals surface area (Å²) < 4.78 is 39.7. The third-order valence-electron chi connectivity index (χ3n) is 4.81. The van der Waals surface area contributed by atoms with E-state index in [9.17, 15) is 18.0 Å². The van der Waals surface area contributed by atoms with Crippen molar-refractivity contribution in [3.05, 3.63) is 46.5 Å². The normalized spacial score (nSPS) is 15.9. The van der Waals surface area contributed by atoms with Gasteiger partial charge in [0.2, 0.25) is 5.91 Å². The highest BCUT2D eigenvalue weighted by Crippen LogP contribution is 2.36. The molecule has 10 heteroatoms. The zero-order chi connectivity index (χ0) is 21.0. The maximum absolute atomic E-state index is 12.4. The van der Waals surface area contributed by atoms with Gasteiger partial charge in [0, 0.05) is 36.5 Å². The van der Waals surface area contributed by atoms with Gasteiger partial charge in [-0.3, -0.25) is 9.89 Å². The number of carbonyl (C=O) groups is 1. The Morgan fingerprint density at radius 3 is 2.55 bits per heavy atom. The smallest absolute Gasteiger partial charge is 0.339 e. The lowest BCUT2D eigenvalue weighted by molar-refractivity contribution is -0.127. The molecular formula is C19H21F3N4OS2. The molecule has 29 heavy (non-hydrogen) atoms. The molecule has 1 N–H and O–H groups in total. The molecule has 5 nitrogen and oxygen atoms in total. The number of H-pyrrole nitrogens is 1. The zero-order valence-electron chi connectivity index (χ0n) is 15.8. The zero-order valence-corrected chi connectivity index (χ0v) is 17.4. The predicted octanol–water partition coefficient (Wildman–Crippen LogP) is 4.99. The van der Waals surface area contributed by atoms with Crippen molar-refractivity contribution in [1.29, 1.82) is 0 Å². The van der Waals surface area contributed by atoms with Gasteiger partial charge in [-0.1, -0.05) is 12.1 Å². The van der Waals surface area contributed by atoms with Crippen LogP contribution in [0.2, 0.25) is 0 Å². The van der Waals surface area contributed by atoms with Crippen LogP contribution in [0.25, 0.3) is 6.08 Å². The Morgan fingerprint density at radius 1 is 1.31 bits per heavy atom. The average molecular weight is 443 g/mol. The van der Waals surface area contributed by atoms with Gasteiger partial charge < -0.3 is 9.47 Å². The summed E-state index contributed by atoms with van der Waals surface area (Å²) in [5.41, 5.74) is -3.63. The molecular weight excluding hydrogens is 421 g/mol. The highest BCUT2D eigenvalue weighted by atomic mass is 32.2. The summed E-state index contributed by atoms with van der Waals surface area (Å²) in [5, 5.41) is 7.18. The lowest BCUT2D eigenvalue weighted by atomic mass is 9.96. The van der Waals surface area contributed by atoms with Gasteiger partial charge in [0.25, 0.3) is 0 Å². The number of aromatic nitrogens is 3. The number of aromatic amines is 1. The second-order valence-electron chi connectivity index (χ2n) is 6.68. The van der Waals surface area contributed by atoms with Gasteiger partial charge in [-0.2, -0.15) is 18.3 Å². The molecule has 0 saturated carbocycles. The highest BCUT2D eigenvalue weighted by Gasteiger charge is 2.29. The molecule has 1 aromatic carbocycles. The molecule has 3 rings (SSSR count). The Balaban J connectivity index is 1.55. The molecule has 1 aromatic heterocycles. The number of nitrogens with one attached hydrogen (secondary N) is 1. The van der Waals surface area contributed by atoms with Crippen molar-refractivity contribution in [3.8, 4) is 0 Å². The number of carbonyl (C=O) groups excluding carboxylic acids is 1. The van der Waals surface area contributed by atoms with Gasteiger partial charge in [0.1, 0.15) is 5.82 Å². The fourth-order valence-corrected chi connectivity index (χ4v) is 4.17. The molecule has 1 aliphatic heterocycles. The minimum absolute atomic E-state index is 0.105. The number of rotatable bonds is 5. The Morgan fingerprint density at radius 2 is 1.97 bits per heavy atom. The Bertz CT molecular complexity index is 926. The number of hydrogen-bond acceptors (Lipinski definition) is 4. The van der Waals surface area contributed by atoms with Gasteiger partial charge in [0.05, 0.1) is 0 Å². The number of piperidine rings is 1. The average Bonchev–Trinajstić information content (AvgIpc) is 3.06. The largest absolute Gasteiger partial charge is 0.446 e. The monoisotopic (exact) mass is 442 g/mol. The molecule has 156 valence electrons. The molecule has 2 aromatic rings. The second kappa shape index (κ2) is 9.17. The number of thioether (sulfide) groups is 1. The summed E-state index contributed by atoms with van der Waals surface area (Å²) in [7, 11) is 0. The van der Waals surface area contributed by atoms with E-state index in [4.69, 9.17) is 12.2 Å². The fourth-order valence-electron chi connectivity index (χ4n) is 3.36. The van der Waals surface area contributed by atoms with Crippen molar-refractivity contribution in [1.82, 2.24) is 19.7 Å². The van der Waals surface area contributed by atoms with E-state index in [1.54, 1.807) is 23.1 Å². The van der Waals surface area contributed by atoms with Crippen molar-refractivity contribution in [3.63, 3.8) is 0 Å². The van der Waals surface area contributed by atoms with Crippen LogP contribution >= 0.6 is 24.0 Å². The molecule has 0 aliphatic carbocycles. The van der Waals surface area contributed by atoms with Crippen molar-refractivity contribution >= 4 is 36.0 Å². The topological polar surface area (TPSA) is 53.9 Å². The number of nitrogens with zero attached hydrogens (tertiary/aromatic N) is 3. The van der Waals surface area contributed by atoms with E-state index in [-0.39, 0.29) is 28.5 Å². The van der Waals surface area contributed by atoms with Crippen LogP contribution in [-0.2, 0) is 11.3 Å². The van der Waals surface area contributed by atoms with Crippen LogP contribution in [0.1, 0.15) is 37.1 Å². The first-order valence-corrected chi connectivity index (χ1v) is 10.5. The summed E-state index contributed by atoms with van der Waals surface area (Å²) in [5.74, 6) is 1.10. The van der Waals surface area contributed by atoms with Crippen LogP contribution in [0, 0.1) is 4.77 Å². The lowest BCUT2D eigenvalue weighted by Crippen LogP contribution is -2.37.